The van der Waals surface area contributed by atoms with Gasteiger partial charge in [-0.05, 0) is 56.7 Å². The van der Waals surface area contributed by atoms with Gasteiger partial charge < -0.3 is 10.2 Å². The summed E-state index contributed by atoms with van der Waals surface area (Å²) >= 11 is 0. The first-order valence-corrected chi connectivity index (χ1v) is 8.06. The van der Waals surface area contributed by atoms with E-state index in [1.54, 1.807) is 0 Å². The standard InChI is InChI=1S/C17H25F3N2O/c1-3-22(4-2)13-7-5-6-12-21-16(23)14-8-10-15(11-9-14)17(18,19)20/h8-11H,3-7,12-13H2,1-2H3,(H,21,23). The summed E-state index contributed by atoms with van der Waals surface area (Å²) in [4.78, 5) is 14.2. The topological polar surface area (TPSA) is 32.3 Å². The lowest BCUT2D eigenvalue weighted by Crippen LogP contribution is -2.25. The molecular weight excluding hydrogens is 305 g/mol. The minimum Gasteiger partial charge on any atom is -0.352 e. The van der Waals surface area contributed by atoms with Crippen molar-refractivity contribution in [2.75, 3.05) is 26.2 Å². The fourth-order valence-electron chi connectivity index (χ4n) is 2.29. The highest BCUT2D eigenvalue weighted by Crippen LogP contribution is 2.29. The smallest absolute Gasteiger partial charge is 0.352 e. The third-order valence-corrected chi connectivity index (χ3v) is 3.81. The van der Waals surface area contributed by atoms with Crippen LogP contribution in [0.5, 0.6) is 0 Å². The number of alkyl halides is 3. The number of nitrogens with zero attached hydrogens (tertiary/aromatic N) is 1. The van der Waals surface area contributed by atoms with Gasteiger partial charge in [-0.1, -0.05) is 20.3 Å². The van der Waals surface area contributed by atoms with Crippen molar-refractivity contribution in [3.05, 3.63) is 35.4 Å². The van der Waals surface area contributed by atoms with E-state index in [-0.39, 0.29) is 11.5 Å². The molecule has 3 nitrogen and oxygen atoms in total. The second kappa shape index (κ2) is 9.55. The summed E-state index contributed by atoms with van der Waals surface area (Å²) in [5.74, 6) is -0.331. The van der Waals surface area contributed by atoms with Crippen LogP contribution in [0.25, 0.3) is 0 Å². The number of benzene rings is 1. The lowest BCUT2D eigenvalue weighted by molar-refractivity contribution is -0.137. The fraction of sp³-hybridized carbons (Fsp3) is 0.588. The first kappa shape index (κ1) is 19.5. The highest BCUT2D eigenvalue weighted by Gasteiger charge is 2.30. The van der Waals surface area contributed by atoms with Crippen LogP contribution in [0, 0.1) is 0 Å². The zero-order valence-corrected chi connectivity index (χ0v) is 13.7. The Hall–Kier alpha value is -1.56. The number of rotatable bonds is 9. The van der Waals surface area contributed by atoms with E-state index in [1.165, 1.54) is 12.1 Å². The second-order valence-corrected chi connectivity index (χ2v) is 5.42. The van der Waals surface area contributed by atoms with Crippen LogP contribution >= 0.6 is 0 Å². The van der Waals surface area contributed by atoms with Gasteiger partial charge >= 0.3 is 6.18 Å². The Bertz CT molecular complexity index is 468. The van der Waals surface area contributed by atoms with E-state index in [9.17, 15) is 18.0 Å². The van der Waals surface area contributed by atoms with Crippen LogP contribution in [0.1, 0.15) is 49.0 Å². The first-order chi connectivity index (χ1) is 10.9. The number of hydrogen-bond acceptors (Lipinski definition) is 2. The summed E-state index contributed by atoms with van der Waals surface area (Å²) in [6.45, 7) is 7.95. The van der Waals surface area contributed by atoms with Crippen molar-refractivity contribution in [3.8, 4) is 0 Å². The van der Waals surface area contributed by atoms with E-state index < -0.39 is 11.7 Å². The van der Waals surface area contributed by atoms with Crippen molar-refractivity contribution < 1.29 is 18.0 Å². The number of carbonyl (C=O) groups excluding carboxylic acids is 1. The van der Waals surface area contributed by atoms with Gasteiger partial charge in [0.2, 0.25) is 0 Å². The van der Waals surface area contributed by atoms with Crippen LogP contribution < -0.4 is 5.32 Å². The van der Waals surface area contributed by atoms with Crippen molar-refractivity contribution in [1.82, 2.24) is 10.2 Å². The van der Waals surface area contributed by atoms with E-state index >= 15 is 0 Å². The molecule has 1 rings (SSSR count). The first-order valence-electron chi connectivity index (χ1n) is 8.06. The van der Waals surface area contributed by atoms with Gasteiger partial charge in [0.1, 0.15) is 0 Å². The molecule has 0 aliphatic rings. The molecule has 0 saturated carbocycles. The number of unbranched alkanes of at least 4 members (excludes halogenated alkanes) is 2. The third-order valence-electron chi connectivity index (χ3n) is 3.81. The van der Waals surface area contributed by atoms with Crippen molar-refractivity contribution in [1.29, 1.82) is 0 Å². The Morgan fingerprint density at radius 3 is 2.17 bits per heavy atom. The van der Waals surface area contributed by atoms with Crippen molar-refractivity contribution in [3.63, 3.8) is 0 Å². The Labute approximate surface area is 135 Å². The summed E-state index contributed by atoms with van der Waals surface area (Å²) in [6.07, 6.45) is -1.41. The molecule has 0 aromatic heterocycles. The molecule has 0 bridgehead atoms. The van der Waals surface area contributed by atoms with E-state index in [0.29, 0.717) is 6.54 Å². The Morgan fingerprint density at radius 2 is 1.65 bits per heavy atom. The number of nitrogens with one attached hydrogen (secondary N) is 1. The monoisotopic (exact) mass is 330 g/mol. The largest absolute Gasteiger partial charge is 0.416 e. The normalized spacial score (nSPS) is 11.7. The summed E-state index contributed by atoms with van der Waals surface area (Å²) in [7, 11) is 0. The molecule has 0 saturated heterocycles. The molecule has 0 atom stereocenters. The van der Waals surface area contributed by atoms with E-state index in [0.717, 1.165) is 51.0 Å². The molecule has 0 fully saturated rings. The van der Waals surface area contributed by atoms with Gasteiger partial charge in [0.05, 0.1) is 5.56 Å². The van der Waals surface area contributed by atoms with Gasteiger partial charge in [0.15, 0.2) is 0 Å². The van der Waals surface area contributed by atoms with E-state index in [4.69, 9.17) is 0 Å². The Kier molecular flexibility index (Phi) is 8.09. The lowest BCUT2D eigenvalue weighted by Gasteiger charge is -2.17. The van der Waals surface area contributed by atoms with Crippen LogP contribution in [-0.4, -0.2) is 37.0 Å². The molecule has 0 spiro atoms. The van der Waals surface area contributed by atoms with Crippen molar-refractivity contribution in [2.45, 2.75) is 39.3 Å². The summed E-state index contributed by atoms with van der Waals surface area (Å²) in [6, 6.07) is 4.27. The summed E-state index contributed by atoms with van der Waals surface area (Å²) in [5, 5.41) is 2.74. The van der Waals surface area contributed by atoms with Crippen LogP contribution in [0.4, 0.5) is 13.2 Å². The number of carbonyl (C=O) groups is 1. The van der Waals surface area contributed by atoms with Crippen LogP contribution in [0.2, 0.25) is 0 Å². The second-order valence-electron chi connectivity index (χ2n) is 5.42. The van der Waals surface area contributed by atoms with Crippen LogP contribution in [0.3, 0.4) is 0 Å². The van der Waals surface area contributed by atoms with Crippen molar-refractivity contribution >= 4 is 5.91 Å². The summed E-state index contributed by atoms with van der Waals surface area (Å²) in [5.41, 5.74) is -0.494. The maximum atomic E-state index is 12.4. The predicted octanol–water partition coefficient (Wildman–Crippen LogP) is 3.95. The predicted molar refractivity (Wildman–Crippen MR) is 85.4 cm³/mol. The van der Waals surface area contributed by atoms with Crippen LogP contribution in [-0.2, 0) is 6.18 Å². The molecule has 1 aromatic carbocycles. The molecule has 0 heterocycles. The number of halogens is 3. The highest BCUT2D eigenvalue weighted by molar-refractivity contribution is 5.94. The highest BCUT2D eigenvalue weighted by atomic mass is 19.4. The molecule has 6 heteroatoms. The number of hydrogen-bond donors (Lipinski definition) is 1. The zero-order chi connectivity index (χ0) is 17.3. The summed E-state index contributed by atoms with van der Waals surface area (Å²) < 4.78 is 37.3. The van der Waals surface area contributed by atoms with Crippen LogP contribution in [0.15, 0.2) is 24.3 Å². The van der Waals surface area contributed by atoms with Gasteiger partial charge in [0, 0.05) is 12.1 Å². The molecule has 0 radical (unpaired) electrons. The molecule has 1 N–H and O–H groups in total. The number of amides is 1. The molecular formula is C17H25F3N2O. The molecule has 1 amide bonds. The fourth-order valence-corrected chi connectivity index (χ4v) is 2.29. The third kappa shape index (κ3) is 7.03. The Balaban J connectivity index is 2.26. The molecule has 1 aromatic rings. The van der Waals surface area contributed by atoms with Crippen molar-refractivity contribution in [2.24, 2.45) is 0 Å². The Morgan fingerprint density at radius 1 is 1.04 bits per heavy atom. The van der Waals surface area contributed by atoms with E-state index in [2.05, 4.69) is 24.1 Å². The minimum absolute atomic E-state index is 0.251. The zero-order valence-electron chi connectivity index (χ0n) is 13.7. The molecule has 0 aliphatic heterocycles. The van der Waals surface area contributed by atoms with Gasteiger partial charge in [-0.15, -0.1) is 0 Å². The van der Waals surface area contributed by atoms with Gasteiger partial charge in [-0.3, -0.25) is 4.79 Å². The lowest BCUT2D eigenvalue weighted by atomic mass is 10.1. The average Bonchev–Trinajstić information content (AvgIpc) is 2.53. The quantitative estimate of drug-likeness (QED) is 0.696. The van der Waals surface area contributed by atoms with Gasteiger partial charge in [-0.2, -0.15) is 13.2 Å². The maximum absolute atomic E-state index is 12.4. The van der Waals surface area contributed by atoms with Gasteiger partial charge in [-0.25, -0.2) is 0 Å². The van der Waals surface area contributed by atoms with Gasteiger partial charge in [0.25, 0.3) is 5.91 Å². The average molecular weight is 330 g/mol. The van der Waals surface area contributed by atoms with E-state index in [1.807, 2.05) is 0 Å². The molecule has 130 valence electrons. The SMILES string of the molecule is CCN(CC)CCCCCNC(=O)c1ccc(C(F)(F)F)cc1. The molecule has 23 heavy (non-hydrogen) atoms. The molecule has 0 aliphatic carbocycles. The maximum Gasteiger partial charge on any atom is 0.416 e. The minimum atomic E-state index is -4.38. The molecule has 0 unspecified atom stereocenters.